The number of hydrogen-bond donors (Lipinski definition) is 1. The molecule has 0 aromatic heterocycles. The summed E-state index contributed by atoms with van der Waals surface area (Å²) in [5, 5.41) is 3.18. The molecule has 3 aromatic carbocycles. The minimum atomic E-state index is -4.15. The molecule has 0 bridgehead atoms. The molecular weight excluding hydrogens is 562 g/mol. The highest BCUT2D eigenvalue weighted by molar-refractivity contribution is 7.92. The maximum atomic E-state index is 14.3. The lowest BCUT2D eigenvalue weighted by Crippen LogP contribution is -2.54. The van der Waals surface area contributed by atoms with Crippen molar-refractivity contribution in [1.82, 2.24) is 10.2 Å². The van der Waals surface area contributed by atoms with Crippen molar-refractivity contribution in [2.75, 3.05) is 18.0 Å². The van der Waals surface area contributed by atoms with Crippen LogP contribution in [-0.2, 0) is 26.2 Å². The number of amides is 2. The van der Waals surface area contributed by atoms with Crippen molar-refractivity contribution in [3.8, 4) is 5.75 Å². The zero-order chi connectivity index (χ0) is 31.0. The largest absolute Gasteiger partial charge is 0.497 e. The fourth-order valence-corrected chi connectivity index (χ4v) is 7.00. The van der Waals surface area contributed by atoms with Gasteiger partial charge in [-0.05, 0) is 75.1 Å². The minimum absolute atomic E-state index is 0.0361. The van der Waals surface area contributed by atoms with E-state index in [1.165, 1.54) is 30.6 Å². The minimum Gasteiger partial charge on any atom is -0.497 e. The molecule has 0 spiro atoms. The highest BCUT2D eigenvalue weighted by atomic mass is 32.2. The molecule has 230 valence electrons. The molecule has 1 fully saturated rings. The molecule has 43 heavy (non-hydrogen) atoms. The number of carbonyl (C=O) groups excluding carboxylic acids is 2. The van der Waals surface area contributed by atoms with E-state index in [1.54, 1.807) is 24.3 Å². The Morgan fingerprint density at radius 3 is 2.21 bits per heavy atom. The first-order valence-corrected chi connectivity index (χ1v) is 16.4. The van der Waals surface area contributed by atoms with Crippen molar-refractivity contribution < 1.29 is 22.7 Å². The standard InChI is InChI=1S/C34H43N3O5S/c1-5-32(34(39)35-28-12-7-6-8-13-28)36(23-27-11-9-10-26(3)22-27)33(38)24-37(29-16-14-25(2)15-17-29)43(40,41)31-20-18-30(42-4)19-21-31/h9-11,14-22,28,32H,5-8,12-13,23-24H2,1-4H3,(H,35,39)/t32-/m1/s1. The molecule has 0 radical (unpaired) electrons. The molecule has 1 N–H and O–H groups in total. The Labute approximate surface area is 256 Å². The van der Waals surface area contributed by atoms with Gasteiger partial charge in [-0.15, -0.1) is 0 Å². The fourth-order valence-electron chi connectivity index (χ4n) is 5.59. The lowest BCUT2D eigenvalue weighted by atomic mass is 9.95. The van der Waals surface area contributed by atoms with Gasteiger partial charge < -0.3 is 15.0 Å². The van der Waals surface area contributed by atoms with Gasteiger partial charge in [0, 0.05) is 12.6 Å². The normalized spacial score (nSPS) is 14.5. The summed E-state index contributed by atoms with van der Waals surface area (Å²) in [5.41, 5.74) is 3.23. The second-order valence-electron chi connectivity index (χ2n) is 11.3. The first-order valence-electron chi connectivity index (χ1n) is 15.0. The summed E-state index contributed by atoms with van der Waals surface area (Å²) in [6.45, 7) is 5.49. The van der Waals surface area contributed by atoms with E-state index >= 15 is 0 Å². The van der Waals surface area contributed by atoms with E-state index in [0.717, 1.165) is 46.7 Å². The predicted molar refractivity (Wildman–Crippen MR) is 170 cm³/mol. The lowest BCUT2D eigenvalue weighted by Gasteiger charge is -2.34. The third-order valence-corrected chi connectivity index (χ3v) is 9.81. The van der Waals surface area contributed by atoms with E-state index in [0.29, 0.717) is 17.9 Å². The predicted octanol–water partition coefficient (Wildman–Crippen LogP) is 5.76. The number of hydrogen-bond acceptors (Lipinski definition) is 5. The maximum absolute atomic E-state index is 14.3. The van der Waals surface area contributed by atoms with Crippen LogP contribution in [0.2, 0.25) is 0 Å². The van der Waals surface area contributed by atoms with Crippen LogP contribution in [0.25, 0.3) is 0 Å². The molecule has 0 unspecified atom stereocenters. The van der Waals surface area contributed by atoms with Crippen LogP contribution in [0.4, 0.5) is 5.69 Å². The van der Waals surface area contributed by atoms with Gasteiger partial charge in [-0.3, -0.25) is 13.9 Å². The average molecular weight is 606 g/mol. The van der Waals surface area contributed by atoms with Crippen molar-refractivity contribution in [1.29, 1.82) is 0 Å². The van der Waals surface area contributed by atoms with Crippen LogP contribution in [-0.4, -0.2) is 50.9 Å². The molecule has 9 heteroatoms. The number of nitrogens with zero attached hydrogens (tertiary/aromatic N) is 2. The van der Waals surface area contributed by atoms with Crippen LogP contribution < -0.4 is 14.4 Å². The molecule has 1 aliphatic carbocycles. The highest BCUT2D eigenvalue weighted by Gasteiger charge is 2.34. The van der Waals surface area contributed by atoms with Gasteiger partial charge in [-0.1, -0.05) is 73.7 Å². The van der Waals surface area contributed by atoms with E-state index in [9.17, 15) is 18.0 Å². The van der Waals surface area contributed by atoms with E-state index in [4.69, 9.17) is 4.74 Å². The summed E-state index contributed by atoms with van der Waals surface area (Å²) >= 11 is 0. The molecule has 0 aliphatic heterocycles. The maximum Gasteiger partial charge on any atom is 0.264 e. The Hall–Kier alpha value is -3.85. The van der Waals surface area contributed by atoms with Crippen molar-refractivity contribution in [2.24, 2.45) is 0 Å². The molecule has 8 nitrogen and oxygen atoms in total. The van der Waals surface area contributed by atoms with Gasteiger partial charge in [0.1, 0.15) is 18.3 Å². The lowest BCUT2D eigenvalue weighted by molar-refractivity contribution is -0.140. The molecule has 1 aliphatic rings. The molecule has 0 saturated heterocycles. The number of carbonyl (C=O) groups is 2. The van der Waals surface area contributed by atoms with Gasteiger partial charge in [0.2, 0.25) is 11.8 Å². The van der Waals surface area contributed by atoms with Crippen molar-refractivity contribution in [3.63, 3.8) is 0 Å². The Balaban J connectivity index is 1.70. The first kappa shape index (κ1) is 32.1. The third kappa shape index (κ3) is 8.16. The second kappa shape index (κ2) is 14.6. The molecule has 1 saturated carbocycles. The summed E-state index contributed by atoms with van der Waals surface area (Å²) < 4.78 is 34.4. The third-order valence-electron chi connectivity index (χ3n) is 8.02. The van der Waals surface area contributed by atoms with Crippen LogP contribution >= 0.6 is 0 Å². The number of nitrogens with one attached hydrogen (secondary N) is 1. The van der Waals surface area contributed by atoms with Crippen LogP contribution in [0, 0.1) is 13.8 Å². The topological polar surface area (TPSA) is 96.0 Å². The quantitative estimate of drug-likeness (QED) is 0.283. The van der Waals surface area contributed by atoms with Crippen LogP contribution in [0.1, 0.15) is 62.1 Å². The van der Waals surface area contributed by atoms with E-state index in [1.807, 2.05) is 57.2 Å². The van der Waals surface area contributed by atoms with Crippen LogP contribution in [0.5, 0.6) is 5.75 Å². The molecule has 1 atom stereocenters. The smallest absolute Gasteiger partial charge is 0.264 e. The molecular formula is C34H43N3O5S. The number of ether oxygens (including phenoxy) is 1. The van der Waals surface area contributed by atoms with Crippen molar-refractivity contribution >= 4 is 27.5 Å². The summed E-state index contributed by atoms with van der Waals surface area (Å²) in [6.07, 6.45) is 5.56. The van der Waals surface area contributed by atoms with Crippen LogP contribution in [0.3, 0.4) is 0 Å². The second-order valence-corrected chi connectivity index (χ2v) is 13.2. The van der Waals surface area contributed by atoms with Crippen molar-refractivity contribution in [2.45, 2.75) is 82.8 Å². The number of benzene rings is 3. The van der Waals surface area contributed by atoms with Gasteiger partial charge in [0.05, 0.1) is 17.7 Å². The Kier molecular flexibility index (Phi) is 10.9. The summed E-state index contributed by atoms with van der Waals surface area (Å²) in [7, 11) is -2.63. The Bertz CT molecular complexity index is 1480. The fraction of sp³-hybridized carbons (Fsp3) is 0.412. The molecule has 4 rings (SSSR count). The van der Waals surface area contributed by atoms with Gasteiger partial charge in [0.15, 0.2) is 0 Å². The van der Waals surface area contributed by atoms with E-state index in [-0.39, 0.29) is 23.4 Å². The number of methoxy groups -OCH3 is 1. The molecule has 3 aromatic rings. The number of aryl methyl sites for hydroxylation is 2. The zero-order valence-corrected chi connectivity index (χ0v) is 26.4. The van der Waals surface area contributed by atoms with E-state index < -0.39 is 28.5 Å². The van der Waals surface area contributed by atoms with Gasteiger partial charge in [-0.25, -0.2) is 8.42 Å². The Morgan fingerprint density at radius 1 is 0.930 bits per heavy atom. The van der Waals surface area contributed by atoms with Crippen molar-refractivity contribution in [3.05, 3.63) is 89.5 Å². The number of anilines is 1. The SMILES string of the molecule is CC[C@H](C(=O)NC1CCCCC1)N(Cc1cccc(C)c1)C(=O)CN(c1ccc(C)cc1)S(=O)(=O)c1ccc(OC)cc1. The van der Waals surface area contributed by atoms with Gasteiger partial charge >= 0.3 is 0 Å². The van der Waals surface area contributed by atoms with Gasteiger partial charge in [-0.2, -0.15) is 0 Å². The zero-order valence-electron chi connectivity index (χ0n) is 25.6. The summed E-state index contributed by atoms with van der Waals surface area (Å²) in [5.74, 6) is -0.129. The van der Waals surface area contributed by atoms with Gasteiger partial charge in [0.25, 0.3) is 10.0 Å². The first-order chi connectivity index (χ1) is 20.6. The monoisotopic (exact) mass is 605 g/mol. The number of sulfonamides is 1. The average Bonchev–Trinajstić information content (AvgIpc) is 3.00. The summed E-state index contributed by atoms with van der Waals surface area (Å²) in [4.78, 5) is 29.5. The Morgan fingerprint density at radius 2 is 1.60 bits per heavy atom. The van der Waals surface area contributed by atoms with E-state index in [2.05, 4.69) is 5.32 Å². The van der Waals surface area contributed by atoms with Crippen LogP contribution in [0.15, 0.2) is 77.7 Å². The molecule has 2 amide bonds. The highest BCUT2D eigenvalue weighted by Crippen LogP contribution is 2.27. The number of rotatable bonds is 12. The molecule has 0 heterocycles. The summed E-state index contributed by atoms with van der Waals surface area (Å²) in [6, 6.07) is 20.3.